The quantitative estimate of drug-likeness (QED) is 0.633. The van der Waals surface area contributed by atoms with Gasteiger partial charge in [0.2, 0.25) is 0 Å². The van der Waals surface area contributed by atoms with Crippen molar-refractivity contribution in [3.05, 3.63) is 28.6 Å². The number of imidazole rings is 1. The van der Waals surface area contributed by atoms with Gasteiger partial charge in [0.15, 0.2) is 5.65 Å². The molecule has 0 saturated carbocycles. The topological polar surface area (TPSA) is 30.2 Å². The van der Waals surface area contributed by atoms with Crippen molar-refractivity contribution in [2.24, 2.45) is 0 Å². The molecule has 0 aliphatic carbocycles. The van der Waals surface area contributed by atoms with Crippen LogP contribution in [0.1, 0.15) is 0 Å². The van der Waals surface area contributed by atoms with E-state index in [-0.39, 0.29) is 0 Å². The lowest BCUT2D eigenvalue weighted by molar-refractivity contribution is 0.936. The lowest BCUT2D eigenvalue weighted by Crippen LogP contribution is -1.89. The van der Waals surface area contributed by atoms with Crippen LogP contribution in [0.25, 0.3) is 5.65 Å². The zero-order valence-electron chi connectivity index (χ0n) is 5.33. The van der Waals surface area contributed by atoms with Crippen LogP contribution in [0.15, 0.2) is 18.6 Å². The van der Waals surface area contributed by atoms with E-state index in [1.54, 1.807) is 16.9 Å². The number of nitrogens with zero attached hydrogens (tertiary/aromatic N) is 3. The molecule has 0 bridgehead atoms. The summed E-state index contributed by atoms with van der Waals surface area (Å²) in [6.07, 6.45) is 4.81. The third-order valence-corrected chi connectivity index (χ3v) is 2.08. The van der Waals surface area contributed by atoms with Gasteiger partial charge in [-0.25, -0.2) is 9.50 Å². The number of hydrogen-bond donors (Lipinski definition) is 0. The van der Waals surface area contributed by atoms with E-state index in [1.807, 2.05) is 0 Å². The maximum absolute atomic E-state index is 5.81. The third-order valence-electron chi connectivity index (χ3n) is 1.32. The van der Waals surface area contributed by atoms with Crippen molar-refractivity contribution in [2.75, 3.05) is 0 Å². The first kappa shape index (κ1) is 6.88. The highest BCUT2D eigenvalue weighted by atomic mass is 35.5. The van der Waals surface area contributed by atoms with Gasteiger partial charge in [-0.1, -0.05) is 23.2 Å². The molecule has 56 valence electrons. The van der Waals surface area contributed by atoms with Crippen LogP contribution in [0.2, 0.25) is 10.0 Å². The summed E-state index contributed by atoms with van der Waals surface area (Å²) in [5.74, 6) is 0. The molecule has 0 aliphatic rings. The Morgan fingerprint density at radius 2 is 2.18 bits per heavy atom. The van der Waals surface area contributed by atoms with Gasteiger partial charge in [-0.05, 0) is 0 Å². The molecule has 0 amide bonds. The Labute approximate surface area is 72.6 Å². The fourth-order valence-corrected chi connectivity index (χ4v) is 1.14. The minimum atomic E-state index is 0.422. The van der Waals surface area contributed by atoms with Crippen LogP contribution in [0.5, 0.6) is 0 Å². The first-order valence-electron chi connectivity index (χ1n) is 2.92. The highest BCUT2D eigenvalue weighted by Crippen LogP contribution is 2.23. The van der Waals surface area contributed by atoms with Crippen molar-refractivity contribution < 1.29 is 0 Å². The Morgan fingerprint density at radius 3 is 3.00 bits per heavy atom. The molecule has 0 saturated heterocycles. The summed E-state index contributed by atoms with van der Waals surface area (Å²) in [4.78, 5) is 3.96. The fourth-order valence-electron chi connectivity index (χ4n) is 0.824. The number of halogens is 2. The van der Waals surface area contributed by atoms with Crippen molar-refractivity contribution in [1.29, 1.82) is 0 Å². The first-order valence-corrected chi connectivity index (χ1v) is 3.68. The molecule has 0 fully saturated rings. The Morgan fingerprint density at radius 1 is 1.36 bits per heavy atom. The monoisotopic (exact) mass is 187 g/mol. The highest BCUT2D eigenvalue weighted by molar-refractivity contribution is 6.43. The average molecular weight is 188 g/mol. The van der Waals surface area contributed by atoms with Gasteiger partial charge in [0.25, 0.3) is 0 Å². The molecule has 2 heterocycles. The van der Waals surface area contributed by atoms with Crippen molar-refractivity contribution in [3.63, 3.8) is 0 Å². The molecular formula is C6H3Cl2N3. The van der Waals surface area contributed by atoms with Crippen LogP contribution in [0.3, 0.4) is 0 Å². The van der Waals surface area contributed by atoms with Gasteiger partial charge in [0, 0.05) is 12.4 Å². The number of aromatic nitrogens is 3. The maximum atomic E-state index is 5.81. The smallest absolute Gasteiger partial charge is 0.173 e. The summed E-state index contributed by atoms with van der Waals surface area (Å²) >= 11 is 11.5. The van der Waals surface area contributed by atoms with E-state index in [2.05, 4.69) is 10.1 Å². The normalized spacial score (nSPS) is 10.7. The van der Waals surface area contributed by atoms with Crippen LogP contribution < -0.4 is 0 Å². The van der Waals surface area contributed by atoms with Gasteiger partial charge in [0.05, 0.1) is 11.2 Å². The summed E-state index contributed by atoms with van der Waals surface area (Å²) in [7, 11) is 0. The molecule has 2 aromatic rings. The molecule has 0 atom stereocenters. The molecule has 0 spiro atoms. The molecule has 0 radical (unpaired) electrons. The van der Waals surface area contributed by atoms with Crippen molar-refractivity contribution in [2.45, 2.75) is 0 Å². The summed E-state index contributed by atoms with van der Waals surface area (Å²) in [6, 6.07) is 0. The van der Waals surface area contributed by atoms with Gasteiger partial charge >= 0.3 is 0 Å². The highest BCUT2D eigenvalue weighted by Gasteiger charge is 2.04. The fraction of sp³-hybridized carbons (Fsp3) is 0. The maximum Gasteiger partial charge on any atom is 0.173 e. The summed E-state index contributed by atoms with van der Waals surface area (Å²) < 4.78 is 1.56. The van der Waals surface area contributed by atoms with Gasteiger partial charge < -0.3 is 0 Å². The SMILES string of the molecule is Clc1cnn2ccnc2c1Cl. The molecule has 0 aliphatic heterocycles. The minimum absolute atomic E-state index is 0.422. The second-order valence-corrected chi connectivity index (χ2v) is 2.79. The van der Waals surface area contributed by atoms with Crippen molar-refractivity contribution in [1.82, 2.24) is 14.6 Å². The summed E-state index contributed by atoms with van der Waals surface area (Å²) in [5.41, 5.74) is 0.583. The lowest BCUT2D eigenvalue weighted by atomic mass is 10.5. The van der Waals surface area contributed by atoms with Crippen molar-refractivity contribution in [3.8, 4) is 0 Å². The number of fused-ring (bicyclic) bond motifs is 1. The van der Waals surface area contributed by atoms with Gasteiger partial charge in [-0.15, -0.1) is 0 Å². The Hall–Kier alpha value is -0.800. The first-order chi connectivity index (χ1) is 5.29. The van der Waals surface area contributed by atoms with Crippen LogP contribution >= 0.6 is 23.2 Å². The van der Waals surface area contributed by atoms with Gasteiger partial charge in [-0.3, -0.25) is 0 Å². The summed E-state index contributed by atoms with van der Waals surface area (Å²) in [5, 5.41) is 4.80. The standard InChI is InChI=1S/C6H3Cl2N3/c7-4-3-10-11-2-1-9-6(11)5(4)8/h1-3H. The number of rotatable bonds is 0. The van der Waals surface area contributed by atoms with E-state index >= 15 is 0 Å². The Balaban J connectivity index is 2.93. The predicted octanol–water partition coefficient (Wildman–Crippen LogP) is 2.04. The van der Waals surface area contributed by atoms with E-state index < -0.39 is 0 Å². The molecule has 0 N–H and O–H groups in total. The molecule has 11 heavy (non-hydrogen) atoms. The average Bonchev–Trinajstić information content (AvgIpc) is 2.45. The van der Waals surface area contributed by atoms with E-state index in [4.69, 9.17) is 23.2 Å². The van der Waals surface area contributed by atoms with Crippen LogP contribution in [-0.2, 0) is 0 Å². The Bertz CT molecular complexity index is 396. The van der Waals surface area contributed by atoms with E-state index in [0.29, 0.717) is 15.7 Å². The molecule has 5 heteroatoms. The largest absolute Gasteiger partial charge is 0.234 e. The van der Waals surface area contributed by atoms with Crippen molar-refractivity contribution >= 4 is 28.8 Å². The van der Waals surface area contributed by atoms with E-state index in [1.165, 1.54) is 6.20 Å². The molecule has 0 unspecified atom stereocenters. The van der Waals surface area contributed by atoms with Crippen LogP contribution in [0.4, 0.5) is 0 Å². The van der Waals surface area contributed by atoms with Crippen LogP contribution in [0, 0.1) is 0 Å². The molecule has 2 rings (SSSR count). The second kappa shape index (κ2) is 2.36. The van der Waals surface area contributed by atoms with E-state index in [0.717, 1.165) is 0 Å². The van der Waals surface area contributed by atoms with Crippen LogP contribution in [-0.4, -0.2) is 14.6 Å². The van der Waals surface area contributed by atoms with Gasteiger partial charge in [-0.2, -0.15) is 5.10 Å². The number of hydrogen-bond acceptors (Lipinski definition) is 2. The molecule has 3 nitrogen and oxygen atoms in total. The zero-order valence-corrected chi connectivity index (χ0v) is 6.84. The molecular weight excluding hydrogens is 185 g/mol. The van der Waals surface area contributed by atoms with E-state index in [9.17, 15) is 0 Å². The Kier molecular flexibility index (Phi) is 1.47. The van der Waals surface area contributed by atoms with Gasteiger partial charge in [0.1, 0.15) is 5.02 Å². The molecule has 2 aromatic heterocycles. The second-order valence-electron chi connectivity index (χ2n) is 2.00. The summed E-state index contributed by atoms with van der Waals surface area (Å²) in [6.45, 7) is 0. The zero-order chi connectivity index (χ0) is 7.84. The minimum Gasteiger partial charge on any atom is -0.234 e. The predicted molar refractivity (Wildman–Crippen MR) is 43.0 cm³/mol. The third kappa shape index (κ3) is 0.968. The molecule has 0 aromatic carbocycles. The lowest BCUT2D eigenvalue weighted by Gasteiger charge is -1.95.